The molecule has 0 spiro atoms. The highest BCUT2D eigenvalue weighted by Crippen LogP contribution is 2.33. The van der Waals surface area contributed by atoms with E-state index in [4.69, 9.17) is 4.74 Å². The molecule has 0 saturated carbocycles. The van der Waals surface area contributed by atoms with Crippen LogP contribution >= 0.6 is 0 Å². The van der Waals surface area contributed by atoms with E-state index in [0.717, 1.165) is 11.3 Å². The summed E-state index contributed by atoms with van der Waals surface area (Å²) in [6.07, 6.45) is 5.61. The first kappa shape index (κ1) is 25.2. The van der Waals surface area contributed by atoms with Gasteiger partial charge in [0.05, 0.1) is 5.69 Å². The van der Waals surface area contributed by atoms with E-state index in [0.29, 0.717) is 25.3 Å². The smallest absolute Gasteiger partial charge is 0.404 e. The number of allylic oxidation sites excluding steroid dienone is 5. The fraction of sp³-hybridized carbons (Fsp3) is 0.500. The van der Waals surface area contributed by atoms with E-state index in [1.807, 2.05) is 25.2 Å². The fourth-order valence-corrected chi connectivity index (χ4v) is 5.28. The van der Waals surface area contributed by atoms with Crippen molar-refractivity contribution in [2.75, 3.05) is 5.75 Å². The van der Waals surface area contributed by atoms with Gasteiger partial charge in [0.2, 0.25) is 15.9 Å². The average molecular weight is 490 g/mol. The predicted molar refractivity (Wildman–Crippen MR) is 118 cm³/mol. The van der Waals surface area contributed by atoms with Crippen molar-refractivity contribution >= 4 is 15.6 Å². The highest BCUT2D eigenvalue weighted by molar-refractivity contribution is 7.89. The normalized spacial score (nSPS) is 21.7. The van der Waals surface area contributed by atoms with Gasteiger partial charge < -0.3 is 4.74 Å². The number of nitrogens with one attached hydrogen (secondary N) is 1. The number of hydrogen-bond donors (Lipinski definition) is 1. The molecule has 0 bridgehead atoms. The molecule has 0 aromatic carbocycles. The first-order valence-corrected chi connectivity index (χ1v) is 12.2. The molecule has 182 valence electrons. The first-order chi connectivity index (χ1) is 15.3. The van der Waals surface area contributed by atoms with Gasteiger partial charge in [-0.15, -0.1) is 5.10 Å². The highest BCUT2D eigenvalue weighted by atomic mass is 32.2. The minimum absolute atomic E-state index is 0.313. The summed E-state index contributed by atoms with van der Waals surface area (Å²) in [5.74, 6) is -2.27. The van der Waals surface area contributed by atoms with E-state index in [1.165, 1.54) is 12.2 Å². The van der Waals surface area contributed by atoms with Gasteiger partial charge in [0.25, 0.3) is 0 Å². The maximum atomic E-state index is 13.2. The minimum atomic E-state index is -4.82. The van der Waals surface area contributed by atoms with E-state index >= 15 is 0 Å². The molecule has 2 aliphatic carbocycles. The van der Waals surface area contributed by atoms with Crippen molar-refractivity contribution in [3.8, 4) is 5.88 Å². The summed E-state index contributed by atoms with van der Waals surface area (Å²) in [5, 5.41) is 4.44. The number of rotatable bonds is 8. The number of halogens is 4. The van der Waals surface area contributed by atoms with Gasteiger partial charge in [0.15, 0.2) is 5.75 Å². The average Bonchev–Trinajstić information content (AvgIpc) is 3.10. The number of sulfonamides is 1. The summed E-state index contributed by atoms with van der Waals surface area (Å²) < 4.78 is 84.9. The SMILES string of the molecule is CCn1nc(OC2C=CC(F)=CC2)cc1C1=CC(C(C)(C)NS(=O)(=O)CC(F)(F)F)CC=C1. The molecule has 33 heavy (non-hydrogen) atoms. The molecule has 3 rings (SSSR count). The third-order valence-corrected chi connectivity index (χ3v) is 6.95. The lowest BCUT2D eigenvalue weighted by Crippen LogP contribution is -2.50. The predicted octanol–water partition coefficient (Wildman–Crippen LogP) is 4.68. The van der Waals surface area contributed by atoms with Gasteiger partial charge in [-0.2, -0.15) is 13.2 Å². The van der Waals surface area contributed by atoms with E-state index < -0.39 is 27.5 Å². The Bertz CT molecular complexity index is 1100. The Balaban J connectivity index is 1.80. The topological polar surface area (TPSA) is 73.2 Å². The number of hydrogen-bond acceptors (Lipinski definition) is 4. The molecule has 0 aliphatic heterocycles. The molecule has 0 amide bonds. The van der Waals surface area contributed by atoms with Crippen LogP contribution in [-0.2, 0) is 16.6 Å². The van der Waals surface area contributed by atoms with Gasteiger partial charge in [0.1, 0.15) is 11.9 Å². The Morgan fingerprint density at radius 3 is 2.58 bits per heavy atom. The number of ether oxygens (including phenoxy) is 1. The van der Waals surface area contributed by atoms with Crippen molar-refractivity contribution in [3.05, 3.63) is 54.0 Å². The lowest BCUT2D eigenvalue weighted by Gasteiger charge is -2.34. The molecule has 2 unspecified atom stereocenters. The maximum absolute atomic E-state index is 13.2. The van der Waals surface area contributed by atoms with Gasteiger partial charge in [-0.1, -0.05) is 18.2 Å². The fourth-order valence-electron chi connectivity index (χ4n) is 3.82. The van der Waals surface area contributed by atoms with E-state index in [9.17, 15) is 26.0 Å². The van der Waals surface area contributed by atoms with Gasteiger partial charge >= 0.3 is 6.18 Å². The maximum Gasteiger partial charge on any atom is 0.404 e. The molecular formula is C22H27F4N3O3S. The van der Waals surface area contributed by atoms with Gasteiger partial charge in [-0.3, -0.25) is 4.68 Å². The largest absolute Gasteiger partial charge is 0.469 e. The molecule has 11 heteroatoms. The molecule has 0 radical (unpaired) electrons. The van der Waals surface area contributed by atoms with Crippen molar-refractivity contribution in [3.63, 3.8) is 0 Å². The molecule has 1 N–H and O–H groups in total. The van der Waals surface area contributed by atoms with Crippen LogP contribution in [0, 0.1) is 5.92 Å². The monoisotopic (exact) mass is 489 g/mol. The summed E-state index contributed by atoms with van der Waals surface area (Å²) in [4.78, 5) is 0. The van der Waals surface area contributed by atoms with Gasteiger partial charge in [0, 0.05) is 24.6 Å². The van der Waals surface area contributed by atoms with Gasteiger partial charge in [-0.25, -0.2) is 17.5 Å². The van der Waals surface area contributed by atoms with Crippen LogP contribution in [0.15, 0.2) is 48.3 Å². The Morgan fingerprint density at radius 1 is 1.24 bits per heavy atom. The summed E-state index contributed by atoms with van der Waals surface area (Å²) >= 11 is 0. The summed E-state index contributed by atoms with van der Waals surface area (Å²) in [6.45, 7) is 5.56. The van der Waals surface area contributed by atoms with Crippen LogP contribution in [0.5, 0.6) is 5.88 Å². The molecule has 0 saturated heterocycles. The molecule has 1 aromatic heterocycles. The third kappa shape index (κ3) is 6.80. The van der Waals surface area contributed by atoms with E-state index in [2.05, 4.69) is 9.82 Å². The number of nitrogens with zero attached hydrogens (tertiary/aromatic N) is 2. The van der Waals surface area contributed by atoms with Crippen molar-refractivity contribution in [2.45, 2.75) is 58.0 Å². The lowest BCUT2D eigenvalue weighted by molar-refractivity contribution is -0.106. The summed E-state index contributed by atoms with van der Waals surface area (Å²) in [5.41, 5.74) is 0.326. The highest BCUT2D eigenvalue weighted by Gasteiger charge is 2.40. The molecule has 1 heterocycles. The third-order valence-electron chi connectivity index (χ3n) is 5.41. The molecular weight excluding hydrogens is 462 g/mol. The zero-order valence-corrected chi connectivity index (χ0v) is 19.4. The second-order valence-electron chi connectivity index (χ2n) is 8.59. The molecule has 6 nitrogen and oxygen atoms in total. The molecule has 2 aliphatic rings. The van der Waals surface area contributed by atoms with E-state index in [1.54, 1.807) is 30.7 Å². The zero-order chi connectivity index (χ0) is 24.4. The molecule has 2 atom stereocenters. The zero-order valence-electron chi connectivity index (χ0n) is 18.6. The van der Waals surface area contributed by atoms with Crippen molar-refractivity contribution in [1.29, 1.82) is 0 Å². The second kappa shape index (κ2) is 9.46. The van der Waals surface area contributed by atoms with Crippen LogP contribution < -0.4 is 9.46 Å². The molecule has 1 aromatic rings. The minimum Gasteiger partial charge on any atom is -0.469 e. The number of alkyl halides is 3. The summed E-state index contributed by atoms with van der Waals surface area (Å²) in [6, 6.07) is 1.74. The van der Waals surface area contributed by atoms with Crippen LogP contribution in [0.1, 0.15) is 39.3 Å². The summed E-state index contributed by atoms with van der Waals surface area (Å²) in [7, 11) is -4.56. The standard InChI is InChI=1S/C22H27F4N3O3S/c1-4-29-19(13-20(27-29)32-18-10-8-17(23)9-11-18)15-6-5-7-16(12-15)21(2,3)28-33(30,31)14-22(24,25)26/h5-6,8-10,12-13,16,18,28H,4,7,11,14H2,1-3H3. The van der Waals surface area contributed by atoms with E-state index in [-0.39, 0.29) is 17.8 Å². The second-order valence-corrected chi connectivity index (χ2v) is 10.3. The van der Waals surface area contributed by atoms with Crippen LogP contribution in [-0.4, -0.2) is 41.8 Å². The first-order valence-electron chi connectivity index (χ1n) is 10.5. The number of aromatic nitrogens is 2. The Kier molecular flexibility index (Phi) is 7.23. The Morgan fingerprint density at radius 2 is 1.97 bits per heavy atom. The van der Waals surface area contributed by atoms with Crippen molar-refractivity contribution < 1.29 is 30.7 Å². The van der Waals surface area contributed by atoms with Crippen molar-refractivity contribution in [2.24, 2.45) is 5.92 Å². The van der Waals surface area contributed by atoms with Crippen LogP contribution in [0.3, 0.4) is 0 Å². The lowest BCUT2D eigenvalue weighted by atomic mass is 9.81. The van der Waals surface area contributed by atoms with Crippen molar-refractivity contribution in [1.82, 2.24) is 14.5 Å². The van der Waals surface area contributed by atoms with Crippen LogP contribution in [0.25, 0.3) is 5.57 Å². The Labute approximate surface area is 190 Å². The number of aryl methyl sites for hydroxylation is 1. The molecule has 0 fully saturated rings. The van der Waals surface area contributed by atoms with Gasteiger partial charge in [-0.05, 0) is 56.9 Å². The quantitative estimate of drug-likeness (QED) is 0.538. The van der Waals surface area contributed by atoms with Crippen LogP contribution in [0.4, 0.5) is 17.6 Å². The Hall–Kier alpha value is -2.40. The van der Waals surface area contributed by atoms with Crippen LogP contribution in [0.2, 0.25) is 0 Å².